The second-order valence-corrected chi connectivity index (χ2v) is 6.99. The predicted octanol–water partition coefficient (Wildman–Crippen LogP) is 3.28. The van der Waals surface area contributed by atoms with E-state index in [-0.39, 0.29) is 17.0 Å². The highest BCUT2D eigenvalue weighted by molar-refractivity contribution is 7.89. The van der Waals surface area contributed by atoms with E-state index in [0.717, 1.165) is 0 Å². The Hall–Kier alpha value is -3.16. The van der Waals surface area contributed by atoms with Gasteiger partial charge < -0.3 is 4.52 Å². The molecule has 0 atom stereocenters. The van der Waals surface area contributed by atoms with Crippen LogP contribution in [0.4, 0.5) is 13.2 Å². The van der Waals surface area contributed by atoms with Crippen molar-refractivity contribution in [3.63, 3.8) is 0 Å². The first-order valence-electron chi connectivity index (χ1n) is 7.33. The molecule has 0 fully saturated rings. The summed E-state index contributed by atoms with van der Waals surface area (Å²) < 4.78 is 69.6. The molecule has 0 bridgehead atoms. The first-order chi connectivity index (χ1) is 12.8. The average molecular weight is 393 g/mol. The largest absolute Gasteiger partial charge is 0.357 e. The second-order valence-electron chi connectivity index (χ2n) is 5.46. The molecule has 0 saturated carbocycles. The highest BCUT2D eigenvalue weighted by Crippen LogP contribution is 2.37. The van der Waals surface area contributed by atoms with E-state index in [0.29, 0.717) is 23.3 Å². The Kier molecular flexibility index (Phi) is 4.73. The number of aromatic nitrogens is 1. The van der Waals surface area contributed by atoms with E-state index in [1.807, 2.05) is 6.07 Å². The van der Waals surface area contributed by atoms with Crippen LogP contribution >= 0.6 is 0 Å². The Balaban J connectivity index is 2.24. The number of benzene rings is 2. The van der Waals surface area contributed by atoms with Crippen molar-refractivity contribution in [1.82, 2.24) is 5.16 Å². The molecule has 0 spiro atoms. The molecule has 1 heterocycles. The van der Waals surface area contributed by atoms with Crippen molar-refractivity contribution in [3.8, 4) is 28.5 Å². The Morgan fingerprint density at radius 3 is 2.37 bits per heavy atom. The van der Waals surface area contributed by atoms with Gasteiger partial charge in [0.25, 0.3) is 0 Å². The number of sulfonamides is 1. The number of nitrogens with zero attached hydrogens (tertiary/aromatic N) is 2. The Bertz CT molecular complexity index is 1170. The second kappa shape index (κ2) is 6.86. The molecule has 0 saturated heterocycles. The van der Waals surface area contributed by atoms with Gasteiger partial charge >= 0.3 is 0 Å². The summed E-state index contributed by atoms with van der Waals surface area (Å²) in [7, 11) is -4.49. The van der Waals surface area contributed by atoms with Crippen LogP contribution in [0, 0.1) is 23.0 Å². The number of primary sulfonamides is 1. The van der Waals surface area contributed by atoms with Gasteiger partial charge in [-0.05, 0) is 24.3 Å². The number of nitrogens with two attached hydrogens (primary N) is 1. The Morgan fingerprint density at radius 1 is 1.15 bits per heavy atom. The highest BCUT2D eigenvalue weighted by atomic mass is 32.2. The van der Waals surface area contributed by atoms with E-state index in [2.05, 4.69) is 5.16 Å². The zero-order valence-electron chi connectivity index (χ0n) is 13.4. The number of hydrogen-bond acceptors (Lipinski definition) is 5. The molecule has 0 unspecified atom stereocenters. The van der Waals surface area contributed by atoms with E-state index in [9.17, 15) is 21.6 Å². The monoisotopic (exact) mass is 393 g/mol. The highest BCUT2D eigenvalue weighted by Gasteiger charge is 2.25. The number of nitriles is 1. The van der Waals surface area contributed by atoms with Gasteiger partial charge in [0, 0.05) is 11.1 Å². The third-order valence-electron chi connectivity index (χ3n) is 3.77. The molecule has 0 radical (unpaired) electrons. The van der Waals surface area contributed by atoms with Crippen LogP contribution in [0.15, 0.2) is 45.8 Å². The number of hydrogen-bond donors (Lipinski definition) is 1. The molecule has 0 aliphatic heterocycles. The van der Waals surface area contributed by atoms with Gasteiger partial charge in [0.15, 0.2) is 12.4 Å². The fourth-order valence-corrected chi connectivity index (χ4v) is 3.13. The average Bonchev–Trinajstić information content (AvgIpc) is 3.06. The first kappa shape index (κ1) is 18.6. The van der Waals surface area contributed by atoms with Gasteiger partial charge in [0.2, 0.25) is 10.0 Å². The fraction of sp³-hybridized carbons (Fsp3) is 0.0588. The van der Waals surface area contributed by atoms with Crippen molar-refractivity contribution < 1.29 is 26.1 Å². The van der Waals surface area contributed by atoms with Crippen molar-refractivity contribution in [2.24, 2.45) is 5.14 Å². The maximum absolute atomic E-state index is 14.5. The maximum atomic E-state index is 14.5. The van der Waals surface area contributed by atoms with Gasteiger partial charge in [-0.15, -0.1) is 0 Å². The SMILES string of the molecule is N#Cc1ccc(-c2noc(CF)c2-c2cc(F)c(S(N)(=O)=O)cc2F)cc1. The molecule has 10 heteroatoms. The summed E-state index contributed by atoms with van der Waals surface area (Å²) in [6, 6.07) is 8.82. The predicted molar refractivity (Wildman–Crippen MR) is 88.2 cm³/mol. The van der Waals surface area contributed by atoms with Gasteiger partial charge in [-0.3, -0.25) is 0 Å². The summed E-state index contributed by atoms with van der Waals surface area (Å²) in [5.74, 6) is -2.81. The minimum atomic E-state index is -4.49. The van der Waals surface area contributed by atoms with Gasteiger partial charge in [-0.2, -0.15) is 5.26 Å². The molecular weight excluding hydrogens is 383 g/mol. The van der Waals surface area contributed by atoms with E-state index in [1.54, 1.807) is 0 Å². The lowest BCUT2D eigenvalue weighted by Gasteiger charge is -2.08. The summed E-state index contributed by atoms with van der Waals surface area (Å²) in [5, 5.41) is 17.4. The van der Waals surface area contributed by atoms with E-state index < -0.39 is 38.8 Å². The van der Waals surface area contributed by atoms with Crippen molar-refractivity contribution in [1.29, 1.82) is 5.26 Å². The zero-order chi connectivity index (χ0) is 19.8. The Labute approximate surface area is 151 Å². The quantitative estimate of drug-likeness (QED) is 0.731. The Morgan fingerprint density at radius 2 is 1.81 bits per heavy atom. The molecule has 0 aliphatic carbocycles. The molecule has 0 amide bonds. The number of halogens is 3. The summed E-state index contributed by atoms with van der Waals surface area (Å²) in [6.07, 6.45) is 0. The van der Waals surface area contributed by atoms with Crippen LogP contribution < -0.4 is 5.14 Å². The molecule has 3 rings (SSSR count). The van der Waals surface area contributed by atoms with E-state index in [1.165, 1.54) is 24.3 Å². The van der Waals surface area contributed by atoms with Crippen LogP contribution in [-0.4, -0.2) is 13.6 Å². The lowest BCUT2D eigenvalue weighted by molar-refractivity contribution is 0.332. The van der Waals surface area contributed by atoms with Crippen LogP contribution in [0.1, 0.15) is 11.3 Å². The van der Waals surface area contributed by atoms with Gasteiger partial charge in [0.05, 0.1) is 17.2 Å². The molecule has 0 aliphatic rings. The maximum Gasteiger partial charge on any atom is 0.241 e. The molecule has 2 N–H and O–H groups in total. The van der Waals surface area contributed by atoms with Crippen LogP contribution in [-0.2, 0) is 16.7 Å². The fourth-order valence-electron chi connectivity index (χ4n) is 2.53. The van der Waals surface area contributed by atoms with E-state index in [4.69, 9.17) is 14.9 Å². The van der Waals surface area contributed by atoms with Crippen molar-refractivity contribution in [2.75, 3.05) is 0 Å². The van der Waals surface area contributed by atoms with Crippen LogP contribution in [0.2, 0.25) is 0 Å². The lowest BCUT2D eigenvalue weighted by atomic mass is 9.98. The summed E-state index contributed by atoms with van der Waals surface area (Å²) >= 11 is 0. The van der Waals surface area contributed by atoms with Crippen LogP contribution in [0.5, 0.6) is 0 Å². The smallest absolute Gasteiger partial charge is 0.241 e. The van der Waals surface area contributed by atoms with Crippen LogP contribution in [0.3, 0.4) is 0 Å². The van der Waals surface area contributed by atoms with Crippen molar-refractivity contribution >= 4 is 10.0 Å². The third-order valence-corrected chi connectivity index (χ3v) is 4.69. The number of rotatable bonds is 4. The minimum Gasteiger partial charge on any atom is -0.357 e. The van der Waals surface area contributed by atoms with Crippen LogP contribution in [0.25, 0.3) is 22.4 Å². The molecule has 27 heavy (non-hydrogen) atoms. The minimum absolute atomic E-state index is 0.00814. The third kappa shape index (κ3) is 3.42. The van der Waals surface area contributed by atoms with Gasteiger partial charge in [0.1, 0.15) is 22.2 Å². The molecule has 6 nitrogen and oxygen atoms in total. The van der Waals surface area contributed by atoms with Crippen molar-refractivity contribution in [2.45, 2.75) is 11.6 Å². The number of alkyl halides is 1. The lowest BCUT2D eigenvalue weighted by Crippen LogP contribution is -2.14. The summed E-state index contributed by atoms with van der Waals surface area (Å²) in [5.41, 5.74) is 0.119. The zero-order valence-corrected chi connectivity index (χ0v) is 14.2. The topological polar surface area (TPSA) is 110 Å². The molecular formula is C17H10F3N3O3S. The molecule has 138 valence electrons. The molecule has 3 aromatic rings. The normalized spacial score (nSPS) is 11.4. The van der Waals surface area contributed by atoms with Gasteiger partial charge in [-0.1, -0.05) is 17.3 Å². The first-order valence-corrected chi connectivity index (χ1v) is 8.88. The summed E-state index contributed by atoms with van der Waals surface area (Å²) in [6.45, 7) is -1.16. The summed E-state index contributed by atoms with van der Waals surface area (Å²) in [4.78, 5) is -1.03. The standard InChI is InChI=1S/C17H10F3N3O3S/c18-7-14-16(11-5-13(20)15(6-12(11)19)27(22,24)25)17(23-26-14)10-3-1-9(8-21)2-4-10/h1-6H,7H2,(H2,22,24,25). The molecule has 1 aromatic heterocycles. The van der Waals surface area contributed by atoms with Crippen molar-refractivity contribution in [3.05, 3.63) is 59.4 Å². The molecule has 2 aromatic carbocycles. The van der Waals surface area contributed by atoms with Gasteiger partial charge in [-0.25, -0.2) is 26.7 Å². The van der Waals surface area contributed by atoms with E-state index >= 15 is 0 Å².